The third kappa shape index (κ3) is 8.20. The van der Waals surface area contributed by atoms with Crippen molar-refractivity contribution in [1.82, 2.24) is 9.80 Å². The Morgan fingerprint density at radius 3 is 1.01 bits per heavy atom. The molecule has 4 atom stereocenters. The van der Waals surface area contributed by atoms with E-state index in [2.05, 4.69) is 0 Å². The van der Waals surface area contributed by atoms with Gasteiger partial charge in [0.2, 0.25) is 0 Å². The predicted octanol–water partition coefficient (Wildman–Crippen LogP) is 10.3. The summed E-state index contributed by atoms with van der Waals surface area (Å²) >= 11 is 0. The van der Waals surface area contributed by atoms with Crippen molar-refractivity contribution in [1.29, 1.82) is 0 Å². The molecule has 0 spiro atoms. The fourth-order valence-electron chi connectivity index (χ4n) is 12.1. The Hall–Kier alpha value is -6.97. The summed E-state index contributed by atoms with van der Waals surface area (Å²) in [6, 6.07) is 60.2. The second kappa shape index (κ2) is 19.2. The SMILES string of the molecule is O=C(c1cc(C(=O)N2CCC[C@H]2C(O)(c2ccccc2)c2ccccc2)cc(C(=O)N2CCC[C@H]2C(O)(c2ccccc2)c2ccccc2)c1)C1CCC[C@H]1C(O)(c1ccccc1)c1ccccc1. The van der Waals surface area contributed by atoms with E-state index in [1.807, 2.05) is 182 Å². The Kier molecular flexibility index (Phi) is 12.7. The number of hydrogen-bond acceptors (Lipinski definition) is 6. The minimum atomic E-state index is -1.57. The van der Waals surface area contributed by atoms with Crippen molar-refractivity contribution >= 4 is 17.6 Å². The Morgan fingerprint density at radius 2 is 0.681 bits per heavy atom. The normalized spacial score (nSPS) is 19.7. The lowest BCUT2D eigenvalue weighted by Crippen LogP contribution is -2.51. The second-order valence-corrected chi connectivity index (χ2v) is 19.1. The molecule has 348 valence electrons. The van der Waals surface area contributed by atoms with E-state index in [-0.39, 0.29) is 22.5 Å². The zero-order valence-corrected chi connectivity index (χ0v) is 38.7. The van der Waals surface area contributed by atoms with Gasteiger partial charge >= 0.3 is 0 Å². The maximum atomic E-state index is 15.5. The van der Waals surface area contributed by atoms with Crippen LogP contribution in [0.15, 0.2) is 200 Å². The van der Waals surface area contributed by atoms with Crippen LogP contribution in [0.3, 0.4) is 0 Å². The van der Waals surface area contributed by atoms with Gasteiger partial charge in [0.1, 0.15) is 16.8 Å². The van der Waals surface area contributed by atoms with Gasteiger partial charge in [-0.05, 0) is 90.1 Å². The third-order valence-corrected chi connectivity index (χ3v) is 15.4. The molecule has 1 aliphatic carbocycles. The minimum Gasteiger partial charge on any atom is -0.380 e. The van der Waals surface area contributed by atoms with E-state index in [4.69, 9.17) is 0 Å². The number of likely N-dealkylation sites (tertiary alicyclic amines) is 2. The highest BCUT2D eigenvalue weighted by atomic mass is 16.3. The Bertz CT molecular complexity index is 2450. The number of hydrogen-bond donors (Lipinski definition) is 3. The first-order chi connectivity index (χ1) is 33.6. The van der Waals surface area contributed by atoms with Crippen molar-refractivity contribution in [2.24, 2.45) is 11.8 Å². The summed E-state index contributed by atoms with van der Waals surface area (Å²) in [6.07, 6.45) is 4.11. The van der Waals surface area contributed by atoms with E-state index in [1.54, 1.807) is 28.0 Å². The van der Waals surface area contributed by atoms with Gasteiger partial charge in [0.25, 0.3) is 11.8 Å². The van der Waals surface area contributed by atoms with Gasteiger partial charge in [-0.1, -0.05) is 188 Å². The number of nitrogens with zero attached hydrogens (tertiary/aromatic N) is 2. The first-order valence-corrected chi connectivity index (χ1v) is 24.4. The maximum absolute atomic E-state index is 15.5. The Balaban J connectivity index is 1.08. The molecular weight excluding hydrogens is 857 g/mol. The number of carbonyl (C=O) groups excluding carboxylic acids is 3. The number of benzene rings is 7. The molecule has 1 unspecified atom stereocenters. The third-order valence-electron chi connectivity index (χ3n) is 15.4. The van der Waals surface area contributed by atoms with E-state index in [1.165, 1.54) is 0 Å². The maximum Gasteiger partial charge on any atom is 0.254 e. The summed E-state index contributed by atoms with van der Waals surface area (Å²) in [5.41, 5.74) is -0.122. The lowest BCUT2D eigenvalue weighted by molar-refractivity contribution is -0.00114. The average molecular weight is 915 g/mol. The van der Waals surface area contributed by atoms with E-state index in [9.17, 15) is 15.3 Å². The first-order valence-electron chi connectivity index (χ1n) is 24.4. The molecule has 0 radical (unpaired) electrons. The van der Waals surface area contributed by atoms with E-state index in [0.717, 1.165) is 0 Å². The summed E-state index contributed by atoms with van der Waals surface area (Å²) in [6.45, 7) is 0.711. The molecule has 8 nitrogen and oxygen atoms in total. The second-order valence-electron chi connectivity index (χ2n) is 19.1. The summed E-state index contributed by atoms with van der Waals surface area (Å²) in [5, 5.41) is 39.1. The molecule has 2 heterocycles. The molecule has 3 fully saturated rings. The van der Waals surface area contributed by atoms with Gasteiger partial charge in [-0.15, -0.1) is 0 Å². The highest BCUT2D eigenvalue weighted by Crippen LogP contribution is 2.50. The van der Waals surface area contributed by atoms with E-state index in [0.29, 0.717) is 91.4 Å². The standard InChI is InChI=1S/C61H58N2O6/c64-56(52-34-19-35-53(52)59(67,46-22-7-1-8-23-46)47-24-9-2-10-25-47)43-40-44(57(65)62-38-20-36-54(62)60(68,48-26-11-3-12-27-48)49-28-13-4-14-29-49)42-45(41-43)58(66)63-39-21-37-55(63)61(69,50-30-15-5-16-31-50)51-32-17-6-18-33-51/h1-18,22-33,40-42,52-55,67-69H,19-21,34-39H2/t52?,53-,54+,55+/m1/s1. The van der Waals surface area contributed by atoms with E-state index >= 15 is 14.4 Å². The molecule has 1 saturated carbocycles. The van der Waals surface area contributed by atoms with Crippen LogP contribution in [0.5, 0.6) is 0 Å². The van der Waals surface area contributed by atoms with Crippen LogP contribution in [-0.4, -0.2) is 67.9 Å². The molecular formula is C61H58N2O6. The van der Waals surface area contributed by atoms with Crippen LogP contribution in [0, 0.1) is 11.8 Å². The molecule has 3 aliphatic rings. The smallest absolute Gasteiger partial charge is 0.254 e. The molecule has 7 aromatic rings. The molecule has 69 heavy (non-hydrogen) atoms. The fraction of sp³-hybridized carbons (Fsp3) is 0.262. The van der Waals surface area contributed by atoms with Crippen LogP contribution in [-0.2, 0) is 16.8 Å². The van der Waals surface area contributed by atoms with Gasteiger partial charge in [0, 0.05) is 41.6 Å². The predicted molar refractivity (Wildman–Crippen MR) is 267 cm³/mol. The zero-order valence-electron chi connectivity index (χ0n) is 38.7. The van der Waals surface area contributed by atoms with Gasteiger partial charge < -0.3 is 25.1 Å². The Labute approximate surface area is 404 Å². The van der Waals surface area contributed by atoms with Crippen molar-refractivity contribution in [3.8, 4) is 0 Å². The molecule has 7 aromatic carbocycles. The van der Waals surface area contributed by atoms with Gasteiger partial charge in [0.15, 0.2) is 5.78 Å². The summed E-state index contributed by atoms with van der Waals surface area (Å²) < 4.78 is 0. The molecule has 10 rings (SSSR count). The van der Waals surface area contributed by atoms with Crippen LogP contribution in [0.4, 0.5) is 0 Å². The van der Waals surface area contributed by atoms with Crippen LogP contribution in [0.25, 0.3) is 0 Å². The summed E-state index contributed by atoms with van der Waals surface area (Å²) in [7, 11) is 0. The van der Waals surface area contributed by atoms with Crippen molar-refractivity contribution in [2.45, 2.75) is 73.8 Å². The van der Waals surface area contributed by atoms with Gasteiger partial charge in [0.05, 0.1) is 12.1 Å². The molecule has 2 amide bonds. The number of aliphatic hydroxyl groups is 3. The minimum absolute atomic E-state index is 0.160. The van der Waals surface area contributed by atoms with Crippen LogP contribution in [0.1, 0.15) is 109 Å². The zero-order chi connectivity index (χ0) is 47.6. The topological polar surface area (TPSA) is 118 Å². The van der Waals surface area contributed by atoms with Crippen LogP contribution < -0.4 is 0 Å². The largest absolute Gasteiger partial charge is 0.380 e. The summed E-state index contributed by atoms with van der Waals surface area (Å²) in [5.74, 6) is -2.22. The van der Waals surface area contributed by atoms with Crippen molar-refractivity contribution in [3.05, 3.63) is 250 Å². The lowest BCUT2D eigenvalue weighted by atomic mass is 9.70. The van der Waals surface area contributed by atoms with Crippen molar-refractivity contribution in [3.63, 3.8) is 0 Å². The molecule has 3 N–H and O–H groups in total. The molecule has 2 aliphatic heterocycles. The molecule has 8 heteroatoms. The monoisotopic (exact) mass is 914 g/mol. The Morgan fingerprint density at radius 1 is 0.377 bits per heavy atom. The number of ketones is 1. The number of rotatable bonds is 13. The molecule has 0 bridgehead atoms. The quantitative estimate of drug-likeness (QED) is 0.0992. The molecule has 0 aromatic heterocycles. The van der Waals surface area contributed by atoms with Gasteiger partial charge in [-0.3, -0.25) is 14.4 Å². The number of carbonyl (C=O) groups is 3. The first kappa shape index (κ1) is 45.8. The van der Waals surface area contributed by atoms with Crippen molar-refractivity contribution < 1.29 is 29.7 Å². The highest BCUT2D eigenvalue weighted by molar-refractivity contribution is 6.06. The van der Waals surface area contributed by atoms with Crippen LogP contribution in [0.2, 0.25) is 0 Å². The fourth-order valence-corrected chi connectivity index (χ4v) is 12.1. The van der Waals surface area contributed by atoms with Gasteiger partial charge in [-0.25, -0.2) is 0 Å². The van der Waals surface area contributed by atoms with Gasteiger partial charge in [-0.2, -0.15) is 0 Å². The van der Waals surface area contributed by atoms with Crippen molar-refractivity contribution in [2.75, 3.05) is 13.1 Å². The number of Topliss-reactive ketones (excluding diaryl/α,β-unsaturated/α-hetero) is 1. The van der Waals surface area contributed by atoms with E-state index < -0.39 is 52.5 Å². The average Bonchev–Trinajstić information content (AvgIpc) is 4.24. The lowest BCUT2D eigenvalue weighted by Gasteiger charge is -2.40. The van der Waals surface area contributed by atoms with Crippen LogP contribution >= 0.6 is 0 Å². The highest BCUT2D eigenvalue weighted by Gasteiger charge is 2.51. The molecule has 2 saturated heterocycles. The summed E-state index contributed by atoms with van der Waals surface area (Å²) in [4.78, 5) is 49.8. The number of amides is 2.